The van der Waals surface area contributed by atoms with Crippen molar-refractivity contribution in [3.63, 3.8) is 0 Å². The van der Waals surface area contributed by atoms with Crippen LogP contribution in [0.2, 0.25) is 10.0 Å². The van der Waals surface area contributed by atoms with Gasteiger partial charge in [0, 0.05) is 39.6 Å². The van der Waals surface area contributed by atoms with Crippen LogP contribution in [0.1, 0.15) is 28.9 Å². The molecule has 2 aromatic heterocycles. The Morgan fingerprint density at radius 1 is 0.800 bits per heavy atom. The molecule has 174 valence electrons. The summed E-state index contributed by atoms with van der Waals surface area (Å²) in [5.74, 6) is -0.146. The molecule has 0 saturated heterocycles. The minimum Gasteiger partial charge on any atom is -0.325 e. The Morgan fingerprint density at radius 2 is 1.49 bits per heavy atom. The van der Waals surface area contributed by atoms with Gasteiger partial charge in [-0.05, 0) is 66.8 Å². The van der Waals surface area contributed by atoms with Gasteiger partial charge in [0.1, 0.15) is 11.3 Å². The summed E-state index contributed by atoms with van der Waals surface area (Å²) in [7, 11) is 0. The summed E-state index contributed by atoms with van der Waals surface area (Å²) in [4.78, 5) is 13.9. The molecule has 1 aliphatic heterocycles. The summed E-state index contributed by atoms with van der Waals surface area (Å²) >= 11 is 12.2. The number of benzene rings is 3. The molecule has 1 N–H and O–H groups in total. The van der Waals surface area contributed by atoms with E-state index < -0.39 is 0 Å². The van der Waals surface area contributed by atoms with Crippen LogP contribution in [0.15, 0.2) is 85.1 Å². The van der Waals surface area contributed by atoms with Crippen LogP contribution in [-0.4, -0.2) is 14.9 Å². The van der Waals surface area contributed by atoms with E-state index in [1.165, 1.54) is 5.56 Å². The maximum absolute atomic E-state index is 13.9. The molecule has 6 heteroatoms. The molecule has 0 spiro atoms. The molecule has 0 saturated carbocycles. The molecule has 1 aliphatic rings. The van der Waals surface area contributed by atoms with Gasteiger partial charge in [-0.15, -0.1) is 0 Å². The fraction of sp³-hybridized carbons (Fsp3) is 0.138. The SMILES string of the molecule is O=C(Nc1ccc(Cl)cc1)c1c(-c2ccccc2)c2c3n(c(-c4ccc(Cl)cc4)cn13)CCCC2. The van der Waals surface area contributed by atoms with E-state index in [4.69, 9.17) is 23.2 Å². The molecule has 5 aromatic rings. The average molecular weight is 500 g/mol. The molecule has 1 amide bonds. The second-order valence-electron chi connectivity index (χ2n) is 8.85. The van der Waals surface area contributed by atoms with E-state index in [9.17, 15) is 4.79 Å². The first-order valence-corrected chi connectivity index (χ1v) is 12.5. The van der Waals surface area contributed by atoms with Gasteiger partial charge in [0.2, 0.25) is 0 Å². The number of anilines is 1. The third kappa shape index (κ3) is 3.93. The number of aromatic nitrogens is 2. The van der Waals surface area contributed by atoms with E-state index in [0.717, 1.165) is 53.8 Å². The van der Waals surface area contributed by atoms with E-state index in [2.05, 4.69) is 32.6 Å². The zero-order valence-corrected chi connectivity index (χ0v) is 20.5. The number of halogens is 2. The Labute approximate surface area is 213 Å². The predicted molar refractivity (Wildman–Crippen MR) is 144 cm³/mol. The highest BCUT2D eigenvalue weighted by atomic mass is 35.5. The number of aryl methyl sites for hydroxylation is 2. The maximum atomic E-state index is 13.9. The second-order valence-corrected chi connectivity index (χ2v) is 9.73. The molecule has 0 fully saturated rings. The van der Waals surface area contributed by atoms with Crippen LogP contribution >= 0.6 is 23.2 Å². The standard InChI is InChI=1S/C29H23Cl2N3O/c30-21-11-9-19(10-12-21)25-18-34-27(28(35)32-23-15-13-22(31)14-16-23)26(20-6-2-1-3-7-20)24-8-4-5-17-33(25)29(24)34/h1-3,6-7,9-16,18H,4-5,8,17H2,(H,32,35). The number of rotatable bonds is 4. The average Bonchev–Trinajstić information content (AvgIpc) is 3.29. The smallest absolute Gasteiger partial charge is 0.273 e. The Balaban J connectivity index is 1.60. The second kappa shape index (κ2) is 8.95. The highest BCUT2D eigenvalue weighted by Crippen LogP contribution is 2.39. The molecule has 0 aliphatic carbocycles. The first-order valence-electron chi connectivity index (χ1n) is 11.7. The molecule has 3 heterocycles. The monoisotopic (exact) mass is 499 g/mol. The van der Waals surface area contributed by atoms with Gasteiger partial charge < -0.3 is 9.88 Å². The summed E-state index contributed by atoms with van der Waals surface area (Å²) < 4.78 is 4.44. The fourth-order valence-corrected chi connectivity index (χ4v) is 5.35. The summed E-state index contributed by atoms with van der Waals surface area (Å²) in [6.07, 6.45) is 5.17. The quantitative estimate of drug-likeness (QED) is 0.267. The Kier molecular flexibility index (Phi) is 5.63. The third-order valence-electron chi connectivity index (χ3n) is 6.65. The van der Waals surface area contributed by atoms with E-state index in [1.807, 2.05) is 54.6 Å². The topological polar surface area (TPSA) is 38.4 Å². The lowest BCUT2D eigenvalue weighted by molar-refractivity contribution is 0.102. The Morgan fingerprint density at radius 3 is 2.20 bits per heavy atom. The van der Waals surface area contributed by atoms with Crippen molar-refractivity contribution in [2.24, 2.45) is 0 Å². The molecule has 3 aromatic carbocycles. The lowest BCUT2D eigenvalue weighted by Crippen LogP contribution is -2.15. The first-order chi connectivity index (χ1) is 17.1. The van der Waals surface area contributed by atoms with Gasteiger partial charge in [0.05, 0.1) is 5.69 Å². The van der Waals surface area contributed by atoms with Crippen LogP contribution < -0.4 is 5.32 Å². The van der Waals surface area contributed by atoms with Crippen molar-refractivity contribution >= 4 is 40.4 Å². The van der Waals surface area contributed by atoms with Gasteiger partial charge in [0.25, 0.3) is 5.91 Å². The molecule has 0 unspecified atom stereocenters. The third-order valence-corrected chi connectivity index (χ3v) is 7.16. The number of imidazole rings is 1. The van der Waals surface area contributed by atoms with Crippen molar-refractivity contribution in [3.8, 4) is 22.4 Å². The maximum Gasteiger partial charge on any atom is 0.273 e. The highest BCUT2D eigenvalue weighted by molar-refractivity contribution is 6.31. The zero-order valence-electron chi connectivity index (χ0n) is 19.0. The van der Waals surface area contributed by atoms with Crippen molar-refractivity contribution in [2.75, 3.05) is 5.32 Å². The Hall–Kier alpha value is -3.47. The predicted octanol–water partition coefficient (Wildman–Crippen LogP) is 7.97. The van der Waals surface area contributed by atoms with Crippen LogP contribution in [0, 0.1) is 0 Å². The van der Waals surface area contributed by atoms with Crippen LogP contribution in [0.3, 0.4) is 0 Å². The summed E-state index contributed by atoms with van der Waals surface area (Å²) in [6.45, 7) is 0.901. The van der Waals surface area contributed by atoms with E-state index in [-0.39, 0.29) is 5.91 Å². The largest absolute Gasteiger partial charge is 0.325 e. The number of carbonyl (C=O) groups excluding carboxylic acids is 1. The highest BCUT2D eigenvalue weighted by Gasteiger charge is 2.29. The molecule has 0 bridgehead atoms. The van der Waals surface area contributed by atoms with Crippen molar-refractivity contribution in [3.05, 3.63) is 106 Å². The van der Waals surface area contributed by atoms with Crippen LogP contribution in [0.25, 0.3) is 28.0 Å². The molecule has 35 heavy (non-hydrogen) atoms. The molecule has 0 atom stereocenters. The van der Waals surface area contributed by atoms with E-state index in [1.54, 1.807) is 12.1 Å². The lowest BCUT2D eigenvalue weighted by Gasteiger charge is -2.10. The van der Waals surface area contributed by atoms with Crippen molar-refractivity contribution in [1.82, 2.24) is 8.97 Å². The number of nitrogens with one attached hydrogen (secondary N) is 1. The normalized spacial score (nSPS) is 13.1. The van der Waals surface area contributed by atoms with Gasteiger partial charge >= 0.3 is 0 Å². The van der Waals surface area contributed by atoms with E-state index >= 15 is 0 Å². The fourth-order valence-electron chi connectivity index (χ4n) is 5.10. The summed E-state index contributed by atoms with van der Waals surface area (Å²) in [6, 6.07) is 25.3. The molecule has 0 radical (unpaired) electrons. The van der Waals surface area contributed by atoms with Gasteiger partial charge in [-0.2, -0.15) is 0 Å². The summed E-state index contributed by atoms with van der Waals surface area (Å²) in [5.41, 5.74) is 7.88. The van der Waals surface area contributed by atoms with E-state index in [0.29, 0.717) is 21.4 Å². The minimum absolute atomic E-state index is 0.146. The number of nitrogens with zero attached hydrogens (tertiary/aromatic N) is 2. The van der Waals surface area contributed by atoms with Crippen molar-refractivity contribution in [2.45, 2.75) is 25.8 Å². The molecule has 4 nitrogen and oxygen atoms in total. The number of amides is 1. The number of carbonyl (C=O) groups is 1. The van der Waals surface area contributed by atoms with Crippen LogP contribution in [0.4, 0.5) is 5.69 Å². The number of hydrogen-bond donors (Lipinski definition) is 1. The van der Waals surface area contributed by atoms with Crippen LogP contribution in [-0.2, 0) is 13.0 Å². The molecular formula is C29H23Cl2N3O. The van der Waals surface area contributed by atoms with Crippen molar-refractivity contribution in [1.29, 1.82) is 0 Å². The molecular weight excluding hydrogens is 477 g/mol. The molecule has 6 rings (SSSR count). The summed E-state index contributed by atoms with van der Waals surface area (Å²) in [5, 5.41) is 4.43. The lowest BCUT2D eigenvalue weighted by atomic mass is 9.98. The van der Waals surface area contributed by atoms with Gasteiger partial charge in [-0.25, -0.2) is 0 Å². The van der Waals surface area contributed by atoms with Gasteiger partial charge in [-0.1, -0.05) is 65.7 Å². The van der Waals surface area contributed by atoms with Gasteiger partial charge in [-0.3, -0.25) is 9.20 Å². The Bertz CT molecular complexity index is 1530. The van der Waals surface area contributed by atoms with Crippen molar-refractivity contribution < 1.29 is 4.79 Å². The minimum atomic E-state index is -0.146. The van der Waals surface area contributed by atoms with Gasteiger partial charge in [0.15, 0.2) is 0 Å². The first kappa shape index (κ1) is 22.0. The number of hydrogen-bond acceptors (Lipinski definition) is 1. The zero-order chi connectivity index (χ0) is 23.9. The van der Waals surface area contributed by atoms with Crippen LogP contribution in [0.5, 0.6) is 0 Å².